The van der Waals surface area contributed by atoms with Crippen LogP contribution in [0.2, 0.25) is 0 Å². The number of carbonyl (C=O) groups excluding carboxylic acids is 1. The van der Waals surface area contributed by atoms with Crippen molar-refractivity contribution in [3.63, 3.8) is 0 Å². The predicted molar refractivity (Wildman–Crippen MR) is 85.8 cm³/mol. The molecular weight excluding hydrogens is 410 g/mol. The third kappa shape index (κ3) is 3.11. The Hall–Kier alpha value is -1.18. The zero-order chi connectivity index (χ0) is 14.9. The molecule has 0 aliphatic heterocycles. The molecule has 2 aromatic rings. The van der Waals surface area contributed by atoms with Crippen molar-refractivity contribution < 1.29 is 14.7 Å². The molecule has 2 rings (SSSR count). The average molecular weight is 419 g/mol. The topological polar surface area (TPSA) is 66.4 Å². The second-order valence-corrected chi connectivity index (χ2v) is 7.21. The van der Waals surface area contributed by atoms with Crippen LogP contribution in [0.1, 0.15) is 25.6 Å². The zero-order valence-electron chi connectivity index (χ0n) is 10.2. The molecule has 1 amide bonds. The van der Waals surface area contributed by atoms with Crippen molar-refractivity contribution in [3.8, 4) is 0 Å². The predicted octanol–water partition coefficient (Wildman–Crippen LogP) is 4.53. The molecule has 0 atom stereocenters. The summed E-state index contributed by atoms with van der Waals surface area (Å²) in [7, 11) is 0. The summed E-state index contributed by atoms with van der Waals surface area (Å²) in [6.07, 6.45) is 0. The fourth-order valence-corrected chi connectivity index (χ4v) is 3.63. The minimum absolute atomic E-state index is 0.107. The lowest BCUT2D eigenvalue weighted by molar-refractivity contribution is 0.0697. The van der Waals surface area contributed by atoms with Gasteiger partial charge in [-0.15, -0.1) is 11.3 Å². The maximum absolute atomic E-state index is 12.1. The Labute approximate surface area is 136 Å². The second kappa shape index (κ2) is 6.07. The molecule has 0 aliphatic carbocycles. The molecule has 1 aromatic heterocycles. The highest BCUT2D eigenvalue weighted by molar-refractivity contribution is 9.13. The number of rotatable bonds is 3. The molecule has 7 heteroatoms. The molecule has 0 radical (unpaired) electrons. The summed E-state index contributed by atoms with van der Waals surface area (Å²) < 4.78 is 1.60. The number of aryl methyl sites for hydroxylation is 1. The Morgan fingerprint density at radius 3 is 2.55 bits per heavy atom. The quantitative estimate of drug-likeness (QED) is 0.769. The van der Waals surface area contributed by atoms with Crippen molar-refractivity contribution in [2.45, 2.75) is 6.92 Å². The number of benzene rings is 1. The first-order chi connectivity index (χ1) is 9.40. The lowest BCUT2D eigenvalue weighted by Crippen LogP contribution is -2.14. The van der Waals surface area contributed by atoms with Gasteiger partial charge in [0, 0.05) is 4.47 Å². The third-order valence-electron chi connectivity index (χ3n) is 2.60. The number of aromatic carboxylic acids is 1. The second-order valence-electron chi connectivity index (χ2n) is 3.99. The van der Waals surface area contributed by atoms with E-state index in [0.29, 0.717) is 16.1 Å². The van der Waals surface area contributed by atoms with Gasteiger partial charge >= 0.3 is 5.97 Å². The number of halogens is 2. The summed E-state index contributed by atoms with van der Waals surface area (Å²) in [5.74, 6) is -1.40. The number of carboxylic acids is 1. The smallest absolute Gasteiger partial charge is 0.338 e. The first-order valence-corrected chi connectivity index (χ1v) is 7.89. The minimum Gasteiger partial charge on any atom is -0.478 e. The lowest BCUT2D eigenvalue weighted by Gasteiger charge is -2.09. The molecule has 1 heterocycles. The van der Waals surface area contributed by atoms with E-state index in [0.717, 1.165) is 8.26 Å². The van der Waals surface area contributed by atoms with Crippen LogP contribution in [0.4, 0.5) is 5.69 Å². The number of nitrogens with one attached hydrogen (secondary N) is 1. The summed E-state index contributed by atoms with van der Waals surface area (Å²) in [6.45, 7) is 1.69. The van der Waals surface area contributed by atoms with Gasteiger partial charge in [0.1, 0.15) is 0 Å². The fraction of sp³-hybridized carbons (Fsp3) is 0.0769. The molecule has 0 unspecified atom stereocenters. The Bertz CT molecular complexity index is 677. The van der Waals surface area contributed by atoms with E-state index in [-0.39, 0.29) is 11.5 Å². The van der Waals surface area contributed by atoms with Crippen LogP contribution in [-0.2, 0) is 0 Å². The molecule has 4 nitrogen and oxygen atoms in total. The molecule has 2 N–H and O–H groups in total. The van der Waals surface area contributed by atoms with Gasteiger partial charge in [-0.3, -0.25) is 4.79 Å². The Kier molecular flexibility index (Phi) is 4.62. The van der Waals surface area contributed by atoms with E-state index < -0.39 is 5.97 Å². The molecule has 0 aliphatic rings. The molecule has 1 aromatic carbocycles. The molecule has 0 bridgehead atoms. The fourth-order valence-electron chi connectivity index (χ4n) is 1.70. The van der Waals surface area contributed by atoms with E-state index >= 15 is 0 Å². The first kappa shape index (κ1) is 15.2. The SMILES string of the molecule is Cc1cccc(NC(=O)c2cc(Br)c(Br)s2)c1C(=O)O. The van der Waals surface area contributed by atoms with E-state index in [1.54, 1.807) is 31.2 Å². The number of anilines is 1. The Balaban J connectivity index is 2.33. The molecule has 0 saturated carbocycles. The van der Waals surface area contributed by atoms with Crippen molar-refractivity contribution >= 4 is 60.8 Å². The van der Waals surface area contributed by atoms with Crippen LogP contribution in [0, 0.1) is 6.92 Å². The molecule has 104 valence electrons. The highest BCUT2D eigenvalue weighted by Crippen LogP contribution is 2.33. The number of carbonyl (C=O) groups is 2. The molecule has 0 saturated heterocycles. The van der Waals surface area contributed by atoms with Gasteiger partial charge < -0.3 is 10.4 Å². The summed E-state index contributed by atoms with van der Waals surface area (Å²) in [4.78, 5) is 23.9. The standard InChI is InChI=1S/C13H9Br2NO3S/c1-6-3-2-4-8(10(6)13(18)19)16-12(17)9-5-7(14)11(15)20-9/h2-5H,1H3,(H,16,17)(H,18,19). The maximum atomic E-state index is 12.1. The van der Waals surface area contributed by atoms with Crippen LogP contribution < -0.4 is 5.32 Å². The van der Waals surface area contributed by atoms with Crippen molar-refractivity contribution in [1.82, 2.24) is 0 Å². The van der Waals surface area contributed by atoms with Crippen LogP contribution in [0.25, 0.3) is 0 Å². The van der Waals surface area contributed by atoms with Gasteiger partial charge in [-0.25, -0.2) is 4.79 Å². The summed E-state index contributed by atoms with van der Waals surface area (Å²) >= 11 is 7.90. The number of amides is 1. The van der Waals surface area contributed by atoms with E-state index in [2.05, 4.69) is 37.2 Å². The Morgan fingerprint density at radius 1 is 1.30 bits per heavy atom. The highest BCUT2D eigenvalue weighted by Gasteiger charge is 2.17. The highest BCUT2D eigenvalue weighted by atomic mass is 79.9. The largest absolute Gasteiger partial charge is 0.478 e. The minimum atomic E-state index is -1.06. The van der Waals surface area contributed by atoms with Crippen molar-refractivity contribution in [2.75, 3.05) is 5.32 Å². The maximum Gasteiger partial charge on any atom is 0.338 e. The van der Waals surface area contributed by atoms with Gasteiger partial charge in [0.2, 0.25) is 0 Å². The van der Waals surface area contributed by atoms with Crippen molar-refractivity contribution in [2.24, 2.45) is 0 Å². The van der Waals surface area contributed by atoms with E-state index in [4.69, 9.17) is 0 Å². The number of thiophene rings is 1. The molecule has 0 spiro atoms. The van der Waals surface area contributed by atoms with Gasteiger partial charge in [-0.05, 0) is 56.5 Å². The first-order valence-electron chi connectivity index (χ1n) is 5.49. The molecule has 20 heavy (non-hydrogen) atoms. The van der Waals surface area contributed by atoms with Crippen molar-refractivity contribution in [1.29, 1.82) is 0 Å². The Morgan fingerprint density at radius 2 is 2.00 bits per heavy atom. The van der Waals surface area contributed by atoms with E-state index in [1.165, 1.54) is 11.3 Å². The van der Waals surface area contributed by atoms with Crippen LogP contribution in [-0.4, -0.2) is 17.0 Å². The molecular formula is C13H9Br2NO3S. The summed E-state index contributed by atoms with van der Waals surface area (Å²) in [5.41, 5.74) is 1.00. The third-order valence-corrected chi connectivity index (χ3v) is 5.86. The van der Waals surface area contributed by atoms with Crippen LogP contribution in [0.3, 0.4) is 0 Å². The van der Waals surface area contributed by atoms with E-state index in [9.17, 15) is 14.7 Å². The van der Waals surface area contributed by atoms with Gasteiger partial charge in [0.15, 0.2) is 0 Å². The van der Waals surface area contributed by atoms with Gasteiger partial charge in [0.25, 0.3) is 5.91 Å². The van der Waals surface area contributed by atoms with Gasteiger partial charge in [-0.1, -0.05) is 12.1 Å². The summed E-state index contributed by atoms with van der Waals surface area (Å²) in [6, 6.07) is 6.65. The molecule has 0 fully saturated rings. The summed E-state index contributed by atoms with van der Waals surface area (Å²) in [5, 5.41) is 11.9. The zero-order valence-corrected chi connectivity index (χ0v) is 14.2. The monoisotopic (exact) mass is 417 g/mol. The van der Waals surface area contributed by atoms with Crippen molar-refractivity contribution in [3.05, 3.63) is 48.5 Å². The number of hydrogen-bond donors (Lipinski definition) is 2. The van der Waals surface area contributed by atoms with E-state index in [1.807, 2.05) is 0 Å². The van der Waals surface area contributed by atoms with Crippen LogP contribution in [0.5, 0.6) is 0 Å². The van der Waals surface area contributed by atoms with Crippen LogP contribution >= 0.6 is 43.2 Å². The van der Waals surface area contributed by atoms with Gasteiger partial charge in [0.05, 0.1) is 19.9 Å². The normalized spacial score (nSPS) is 10.3. The average Bonchev–Trinajstić information content (AvgIpc) is 2.69. The number of hydrogen-bond acceptors (Lipinski definition) is 3. The lowest BCUT2D eigenvalue weighted by atomic mass is 10.1. The number of carboxylic acid groups (broad SMARTS) is 1. The van der Waals surface area contributed by atoms with Crippen LogP contribution in [0.15, 0.2) is 32.5 Å². The van der Waals surface area contributed by atoms with Gasteiger partial charge in [-0.2, -0.15) is 0 Å².